The van der Waals surface area contributed by atoms with E-state index in [-0.39, 0.29) is 12.3 Å². The van der Waals surface area contributed by atoms with Gasteiger partial charge in [0.15, 0.2) is 11.5 Å². The van der Waals surface area contributed by atoms with E-state index in [1.54, 1.807) is 13.0 Å². The molecule has 0 atom stereocenters. The van der Waals surface area contributed by atoms with Crippen molar-refractivity contribution >= 4 is 5.97 Å². The van der Waals surface area contributed by atoms with Crippen molar-refractivity contribution in [2.24, 2.45) is 0 Å². The third kappa shape index (κ3) is 4.30. The summed E-state index contributed by atoms with van der Waals surface area (Å²) < 4.78 is 5.06. The number of carbonyl (C=O) groups is 1. The molecule has 0 saturated heterocycles. The van der Waals surface area contributed by atoms with Crippen LogP contribution in [0.5, 0.6) is 0 Å². The molecule has 0 amide bonds. The molecule has 0 bridgehead atoms. The number of esters is 1. The van der Waals surface area contributed by atoms with Gasteiger partial charge in [0, 0.05) is 17.2 Å². The van der Waals surface area contributed by atoms with Gasteiger partial charge >= 0.3 is 5.97 Å². The van der Waals surface area contributed by atoms with Gasteiger partial charge < -0.3 is 4.74 Å². The Morgan fingerprint density at radius 3 is 2.32 bits per heavy atom. The van der Waals surface area contributed by atoms with Crippen molar-refractivity contribution in [1.82, 2.24) is 9.97 Å². The maximum atomic E-state index is 12.1. The normalized spacial score (nSPS) is 9.80. The molecule has 1 heterocycles. The highest BCUT2D eigenvalue weighted by molar-refractivity contribution is 5.88. The first kappa shape index (κ1) is 16.4. The fraction of sp³-hybridized carbons (Fsp3) is 0.0952. The van der Waals surface area contributed by atoms with Gasteiger partial charge in [-0.3, -0.25) is 0 Å². The quantitative estimate of drug-likeness (QED) is 0.543. The van der Waals surface area contributed by atoms with Crippen LogP contribution in [0.15, 0.2) is 66.7 Å². The molecular formula is C21H16N2O2. The molecule has 0 saturated carbocycles. The van der Waals surface area contributed by atoms with Crippen molar-refractivity contribution in [3.05, 3.63) is 83.7 Å². The monoisotopic (exact) mass is 328 g/mol. The molecule has 3 rings (SSSR count). The van der Waals surface area contributed by atoms with Gasteiger partial charge in [-0.2, -0.15) is 0 Å². The molecule has 25 heavy (non-hydrogen) atoms. The molecule has 122 valence electrons. The molecule has 0 unspecified atom stereocenters. The highest BCUT2D eigenvalue weighted by Gasteiger charge is 2.13. The SMILES string of the molecule is CCOC(=O)c1cc(C#Cc2ccccc2)nc(-c2ccccc2)n1. The Kier molecular flexibility index (Phi) is 5.18. The molecular weight excluding hydrogens is 312 g/mol. The Bertz CT molecular complexity index is 926. The second-order valence-electron chi connectivity index (χ2n) is 5.16. The lowest BCUT2D eigenvalue weighted by molar-refractivity contribution is 0.0519. The van der Waals surface area contributed by atoms with E-state index >= 15 is 0 Å². The largest absolute Gasteiger partial charge is 0.461 e. The highest BCUT2D eigenvalue weighted by Crippen LogP contribution is 2.16. The van der Waals surface area contributed by atoms with E-state index in [0.717, 1.165) is 11.1 Å². The molecule has 0 spiro atoms. The third-order valence-electron chi connectivity index (χ3n) is 3.35. The molecule has 2 aromatic carbocycles. The van der Waals surface area contributed by atoms with Gasteiger partial charge in [-0.05, 0) is 25.0 Å². The molecule has 4 heteroatoms. The van der Waals surface area contributed by atoms with Crippen LogP contribution in [-0.4, -0.2) is 22.5 Å². The molecule has 0 aliphatic carbocycles. The van der Waals surface area contributed by atoms with Crippen LogP contribution in [0.4, 0.5) is 0 Å². The van der Waals surface area contributed by atoms with E-state index in [4.69, 9.17) is 4.74 Å². The van der Waals surface area contributed by atoms with Gasteiger partial charge in [0.25, 0.3) is 0 Å². The summed E-state index contributed by atoms with van der Waals surface area (Å²) in [5.74, 6) is 6.01. The maximum absolute atomic E-state index is 12.1. The molecule has 0 fully saturated rings. The average Bonchev–Trinajstić information content (AvgIpc) is 2.68. The third-order valence-corrected chi connectivity index (χ3v) is 3.35. The van der Waals surface area contributed by atoms with Crippen molar-refractivity contribution in [1.29, 1.82) is 0 Å². The first-order valence-electron chi connectivity index (χ1n) is 7.95. The van der Waals surface area contributed by atoms with Crippen molar-refractivity contribution in [3.63, 3.8) is 0 Å². The molecule has 0 radical (unpaired) electrons. The van der Waals surface area contributed by atoms with E-state index in [1.807, 2.05) is 60.7 Å². The number of carbonyl (C=O) groups excluding carboxylic acids is 1. The first-order chi connectivity index (χ1) is 12.3. The Hall–Kier alpha value is -3.45. The van der Waals surface area contributed by atoms with E-state index in [2.05, 4.69) is 21.8 Å². The van der Waals surface area contributed by atoms with E-state index in [9.17, 15) is 4.79 Å². The van der Waals surface area contributed by atoms with Gasteiger partial charge in [0.2, 0.25) is 0 Å². The second kappa shape index (κ2) is 7.89. The number of benzene rings is 2. The lowest BCUT2D eigenvalue weighted by atomic mass is 10.2. The predicted molar refractivity (Wildman–Crippen MR) is 95.8 cm³/mol. The number of rotatable bonds is 3. The van der Waals surface area contributed by atoms with Crippen molar-refractivity contribution in [3.8, 4) is 23.2 Å². The standard InChI is InChI=1S/C21H16N2O2/c1-2-25-21(24)19-15-18(14-13-16-9-5-3-6-10-16)22-20(23-19)17-11-7-4-8-12-17/h3-12,15H,2H2,1H3. The van der Waals surface area contributed by atoms with Crippen LogP contribution in [0.25, 0.3) is 11.4 Å². The summed E-state index contributed by atoms with van der Waals surface area (Å²) >= 11 is 0. The van der Waals surface area contributed by atoms with E-state index < -0.39 is 5.97 Å². The average molecular weight is 328 g/mol. The van der Waals surface area contributed by atoms with Gasteiger partial charge in [-0.1, -0.05) is 54.5 Å². The number of hydrogen-bond donors (Lipinski definition) is 0. The first-order valence-corrected chi connectivity index (χ1v) is 7.95. The Balaban J connectivity index is 2.04. The second-order valence-corrected chi connectivity index (χ2v) is 5.16. The van der Waals surface area contributed by atoms with Crippen LogP contribution in [0.2, 0.25) is 0 Å². The summed E-state index contributed by atoms with van der Waals surface area (Å²) in [4.78, 5) is 20.9. The lowest BCUT2D eigenvalue weighted by Gasteiger charge is -2.05. The van der Waals surface area contributed by atoms with Gasteiger partial charge in [-0.15, -0.1) is 0 Å². The summed E-state index contributed by atoms with van der Waals surface area (Å²) in [5, 5.41) is 0. The van der Waals surface area contributed by atoms with Gasteiger partial charge in [-0.25, -0.2) is 14.8 Å². The number of aromatic nitrogens is 2. The fourth-order valence-corrected chi connectivity index (χ4v) is 2.19. The Morgan fingerprint density at radius 2 is 1.64 bits per heavy atom. The predicted octanol–water partition coefficient (Wildman–Crippen LogP) is 3.72. The summed E-state index contributed by atoms with van der Waals surface area (Å²) in [6.45, 7) is 2.04. The van der Waals surface area contributed by atoms with Crippen LogP contribution in [0.1, 0.15) is 28.7 Å². The Morgan fingerprint density at radius 1 is 0.960 bits per heavy atom. The maximum Gasteiger partial charge on any atom is 0.357 e. The van der Waals surface area contributed by atoms with Crippen molar-refractivity contribution < 1.29 is 9.53 Å². The molecule has 1 aromatic heterocycles. The zero-order valence-electron chi connectivity index (χ0n) is 13.8. The van der Waals surface area contributed by atoms with Crippen molar-refractivity contribution in [2.75, 3.05) is 6.61 Å². The van der Waals surface area contributed by atoms with Gasteiger partial charge in [0.05, 0.1) is 6.61 Å². The highest BCUT2D eigenvalue weighted by atomic mass is 16.5. The molecule has 0 aliphatic heterocycles. The van der Waals surface area contributed by atoms with E-state index in [1.165, 1.54) is 0 Å². The van der Waals surface area contributed by atoms with Crippen molar-refractivity contribution in [2.45, 2.75) is 6.92 Å². The van der Waals surface area contributed by atoms with Crippen LogP contribution >= 0.6 is 0 Å². The summed E-state index contributed by atoms with van der Waals surface area (Å²) in [5.41, 5.74) is 2.37. The van der Waals surface area contributed by atoms with Crippen LogP contribution in [-0.2, 0) is 4.74 Å². The zero-order valence-corrected chi connectivity index (χ0v) is 13.8. The molecule has 0 N–H and O–H groups in total. The van der Waals surface area contributed by atoms with Crippen LogP contribution in [0.3, 0.4) is 0 Å². The minimum Gasteiger partial charge on any atom is -0.461 e. The molecule has 0 aliphatic rings. The zero-order chi connectivity index (χ0) is 17.5. The minimum absolute atomic E-state index is 0.202. The Labute approximate surface area is 146 Å². The summed E-state index contributed by atoms with van der Waals surface area (Å²) in [7, 11) is 0. The number of nitrogens with zero attached hydrogens (tertiary/aromatic N) is 2. The molecule has 4 nitrogen and oxygen atoms in total. The number of hydrogen-bond acceptors (Lipinski definition) is 4. The van der Waals surface area contributed by atoms with Crippen LogP contribution < -0.4 is 0 Å². The smallest absolute Gasteiger partial charge is 0.357 e. The molecule has 3 aromatic rings. The van der Waals surface area contributed by atoms with Gasteiger partial charge in [0.1, 0.15) is 5.69 Å². The lowest BCUT2D eigenvalue weighted by Crippen LogP contribution is -2.09. The number of ether oxygens (including phenoxy) is 1. The minimum atomic E-state index is -0.482. The fourth-order valence-electron chi connectivity index (χ4n) is 2.19. The van der Waals surface area contributed by atoms with E-state index in [0.29, 0.717) is 11.5 Å². The topological polar surface area (TPSA) is 52.1 Å². The summed E-state index contributed by atoms with van der Waals surface area (Å²) in [6, 6.07) is 20.6. The van der Waals surface area contributed by atoms with Crippen LogP contribution in [0, 0.1) is 11.8 Å². The summed E-state index contributed by atoms with van der Waals surface area (Å²) in [6.07, 6.45) is 0.